The van der Waals surface area contributed by atoms with Crippen LogP contribution in [0.3, 0.4) is 0 Å². The summed E-state index contributed by atoms with van der Waals surface area (Å²) in [6, 6.07) is 13.6. The third-order valence-corrected chi connectivity index (χ3v) is 4.94. The summed E-state index contributed by atoms with van der Waals surface area (Å²) < 4.78 is 15.2. The lowest BCUT2D eigenvalue weighted by molar-refractivity contribution is -0.147. The highest BCUT2D eigenvalue weighted by molar-refractivity contribution is 6.41. The second-order valence-electron chi connectivity index (χ2n) is 6.51. The molecule has 1 heterocycles. The Balaban J connectivity index is 1.90. The Morgan fingerprint density at radius 1 is 1.04 bits per heavy atom. The van der Waals surface area contributed by atoms with E-state index in [9.17, 15) is 19.1 Å². The van der Waals surface area contributed by atoms with Crippen molar-refractivity contribution in [2.45, 2.75) is 19.4 Å². The van der Waals surface area contributed by atoms with Gasteiger partial charge in [-0.3, -0.25) is 4.79 Å². The van der Waals surface area contributed by atoms with Crippen molar-refractivity contribution in [2.75, 3.05) is 0 Å². The zero-order valence-electron chi connectivity index (χ0n) is 14.3. The molecule has 1 aliphatic carbocycles. The van der Waals surface area contributed by atoms with Crippen molar-refractivity contribution in [1.29, 1.82) is 0 Å². The fourth-order valence-electron chi connectivity index (χ4n) is 3.70. The predicted molar refractivity (Wildman–Crippen MR) is 98.0 cm³/mol. The van der Waals surface area contributed by atoms with Crippen molar-refractivity contribution >= 4 is 28.4 Å². The van der Waals surface area contributed by atoms with E-state index in [1.165, 1.54) is 12.1 Å². The first-order valence-electron chi connectivity index (χ1n) is 8.52. The lowest BCUT2D eigenvalue weighted by Gasteiger charge is -2.18. The Kier molecular flexibility index (Phi) is 4.03. The van der Waals surface area contributed by atoms with Crippen molar-refractivity contribution in [3.05, 3.63) is 76.7 Å². The quantitative estimate of drug-likeness (QED) is 0.691. The lowest BCUT2D eigenvalue weighted by Crippen LogP contribution is -2.20. The van der Waals surface area contributed by atoms with Crippen LogP contribution in [0.2, 0.25) is 0 Å². The number of fused-ring (bicyclic) bond motifs is 3. The van der Waals surface area contributed by atoms with Crippen molar-refractivity contribution in [3.63, 3.8) is 0 Å². The highest BCUT2D eigenvalue weighted by Gasteiger charge is 2.31. The number of aliphatic hydroxyl groups is 1. The standard InChI is InChI=1S/C21H16FNO4/c22-13-7-5-12(6-8-13)11-23-16-4-2-1-3-14(16)18-17(23)10-9-15(19(18)24)20(25)21(26)27/h1-8,24H,9-11H2,(H,26,27). The van der Waals surface area contributed by atoms with Gasteiger partial charge in [0.1, 0.15) is 11.6 Å². The second kappa shape index (κ2) is 6.39. The SMILES string of the molecule is O=C(O)C(=O)C1=C(O)c2c(n(Cc3ccc(F)cc3)c3ccccc23)CC1. The van der Waals surface area contributed by atoms with E-state index in [0.717, 1.165) is 22.2 Å². The smallest absolute Gasteiger partial charge is 0.377 e. The molecule has 0 aliphatic heterocycles. The Morgan fingerprint density at radius 2 is 1.74 bits per heavy atom. The largest absolute Gasteiger partial charge is 0.507 e. The number of aromatic nitrogens is 1. The molecule has 0 saturated carbocycles. The van der Waals surface area contributed by atoms with E-state index < -0.39 is 11.8 Å². The number of hydrogen-bond donors (Lipinski definition) is 2. The molecule has 4 rings (SSSR count). The molecule has 2 aromatic carbocycles. The van der Waals surface area contributed by atoms with Crippen molar-refractivity contribution < 1.29 is 24.2 Å². The van der Waals surface area contributed by atoms with E-state index in [2.05, 4.69) is 0 Å². The molecule has 0 bridgehead atoms. The summed E-state index contributed by atoms with van der Waals surface area (Å²) in [6.45, 7) is 0.478. The van der Waals surface area contributed by atoms with Crippen molar-refractivity contribution in [3.8, 4) is 0 Å². The zero-order chi connectivity index (χ0) is 19.1. The van der Waals surface area contributed by atoms with Crippen LogP contribution in [0.25, 0.3) is 16.7 Å². The van der Waals surface area contributed by atoms with Gasteiger partial charge in [-0.1, -0.05) is 30.3 Å². The molecule has 0 amide bonds. The van der Waals surface area contributed by atoms with Crippen LogP contribution in [0.15, 0.2) is 54.1 Å². The zero-order valence-corrected chi connectivity index (χ0v) is 14.3. The molecule has 0 radical (unpaired) electrons. The van der Waals surface area contributed by atoms with E-state index in [-0.39, 0.29) is 23.6 Å². The molecule has 27 heavy (non-hydrogen) atoms. The lowest BCUT2D eigenvalue weighted by atomic mass is 9.91. The van der Waals surface area contributed by atoms with Crippen LogP contribution in [0.1, 0.15) is 23.2 Å². The Labute approximate surface area is 154 Å². The Bertz CT molecular complexity index is 1110. The van der Waals surface area contributed by atoms with E-state index in [4.69, 9.17) is 5.11 Å². The third kappa shape index (κ3) is 2.79. The number of ketones is 1. The van der Waals surface area contributed by atoms with Crippen LogP contribution < -0.4 is 0 Å². The minimum Gasteiger partial charge on any atom is -0.507 e. The number of aliphatic carboxylic acids is 1. The van der Waals surface area contributed by atoms with E-state index in [0.29, 0.717) is 18.5 Å². The number of nitrogens with zero attached hydrogens (tertiary/aromatic N) is 1. The van der Waals surface area contributed by atoms with Gasteiger partial charge >= 0.3 is 5.97 Å². The van der Waals surface area contributed by atoms with E-state index in [1.807, 2.05) is 28.8 Å². The number of Topliss-reactive ketones (excluding diaryl/α,β-unsaturated/α-hetero) is 1. The molecule has 136 valence electrons. The molecule has 1 aromatic heterocycles. The maximum atomic E-state index is 13.2. The number of carboxylic acids is 1. The number of para-hydroxylation sites is 1. The average Bonchev–Trinajstić information content (AvgIpc) is 2.98. The minimum atomic E-state index is -1.57. The topological polar surface area (TPSA) is 79.5 Å². The third-order valence-electron chi connectivity index (χ3n) is 4.94. The van der Waals surface area contributed by atoms with Crippen LogP contribution in [-0.4, -0.2) is 26.5 Å². The summed E-state index contributed by atoms with van der Waals surface area (Å²) in [5.41, 5.74) is 3.03. The Hall–Kier alpha value is -3.41. The number of aliphatic hydroxyl groups excluding tert-OH is 1. The van der Waals surface area contributed by atoms with Crippen LogP contribution in [-0.2, 0) is 22.6 Å². The van der Waals surface area contributed by atoms with Gasteiger partial charge in [-0.05, 0) is 36.6 Å². The van der Waals surface area contributed by atoms with Gasteiger partial charge in [0, 0.05) is 34.3 Å². The number of carbonyl (C=O) groups is 2. The highest BCUT2D eigenvalue weighted by atomic mass is 19.1. The Morgan fingerprint density at radius 3 is 2.44 bits per heavy atom. The van der Waals surface area contributed by atoms with Gasteiger partial charge in [0.05, 0.1) is 0 Å². The minimum absolute atomic E-state index is 0.0697. The normalized spacial score (nSPS) is 13.7. The van der Waals surface area contributed by atoms with E-state index in [1.54, 1.807) is 12.1 Å². The van der Waals surface area contributed by atoms with Crippen molar-refractivity contribution in [2.24, 2.45) is 0 Å². The van der Waals surface area contributed by atoms with Crippen molar-refractivity contribution in [1.82, 2.24) is 4.57 Å². The predicted octanol–water partition coefficient (Wildman–Crippen LogP) is 3.70. The number of carbonyl (C=O) groups excluding carboxylic acids is 1. The van der Waals surface area contributed by atoms with Crippen LogP contribution >= 0.6 is 0 Å². The maximum Gasteiger partial charge on any atom is 0.377 e. The molecule has 0 unspecified atom stereocenters. The molecule has 0 fully saturated rings. The molecular formula is C21H16FNO4. The second-order valence-corrected chi connectivity index (χ2v) is 6.51. The molecule has 2 N–H and O–H groups in total. The summed E-state index contributed by atoms with van der Waals surface area (Å²) in [4.78, 5) is 23.0. The molecule has 0 saturated heterocycles. The number of carboxylic acid groups (broad SMARTS) is 1. The molecule has 0 spiro atoms. The fourth-order valence-corrected chi connectivity index (χ4v) is 3.70. The molecule has 6 heteroatoms. The number of hydrogen-bond acceptors (Lipinski definition) is 3. The first-order chi connectivity index (χ1) is 13.0. The van der Waals surface area contributed by atoms with Crippen LogP contribution in [0, 0.1) is 5.82 Å². The summed E-state index contributed by atoms with van der Waals surface area (Å²) in [7, 11) is 0. The van der Waals surface area contributed by atoms with Gasteiger partial charge in [0.2, 0.25) is 0 Å². The first kappa shape index (κ1) is 17.0. The molecular weight excluding hydrogens is 349 g/mol. The monoisotopic (exact) mass is 365 g/mol. The molecule has 3 aromatic rings. The number of halogens is 1. The summed E-state index contributed by atoms with van der Waals surface area (Å²) in [5, 5.41) is 20.4. The van der Waals surface area contributed by atoms with Gasteiger partial charge in [0.25, 0.3) is 5.78 Å². The van der Waals surface area contributed by atoms with E-state index >= 15 is 0 Å². The van der Waals surface area contributed by atoms with Gasteiger partial charge in [-0.2, -0.15) is 0 Å². The fraction of sp³-hybridized carbons (Fsp3) is 0.143. The average molecular weight is 365 g/mol. The number of rotatable bonds is 4. The summed E-state index contributed by atoms with van der Waals surface area (Å²) in [6.07, 6.45) is 0.591. The molecule has 1 aliphatic rings. The molecule has 5 nitrogen and oxygen atoms in total. The van der Waals surface area contributed by atoms with Gasteiger partial charge < -0.3 is 14.8 Å². The molecule has 0 atom stereocenters. The summed E-state index contributed by atoms with van der Waals surface area (Å²) >= 11 is 0. The first-order valence-corrected chi connectivity index (χ1v) is 8.52. The maximum absolute atomic E-state index is 13.2. The van der Waals surface area contributed by atoms with Crippen LogP contribution in [0.5, 0.6) is 0 Å². The van der Waals surface area contributed by atoms with Gasteiger partial charge in [-0.25, -0.2) is 9.18 Å². The summed E-state index contributed by atoms with van der Waals surface area (Å²) in [5.74, 6) is -3.23. The van der Waals surface area contributed by atoms with Gasteiger partial charge in [-0.15, -0.1) is 0 Å². The van der Waals surface area contributed by atoms with Gasteiger partial charge in [0.15, 0.2) is 0 Å². The number of benzene rings is 2. The van der Waals surface area contributed by atoms with Crippen LogP contribution in [0.4, 0.5) is 4.39 Å². The highest BCUT2D eigenvalue weighted by Crippen LogP contribution is 2.38.